The van der Waals surface area contributed by atoms with Crippen LogP contribution < -0.4 is 14.9 Å². The first-order valence-corrected chi connectivity index (χ1v) is 6.48. The van der Waals surface area contributed by atoms with Crippen LogP contribution in [-0.4, -0.2) is 31.4 Å². The smallest absolute Gasteiger partial charge is 0.275 e. The fourth-order valence-electron chi connectivity index (χ4n) is 1.75. The van der Waals surface area contributed by atoms with Crippen molar-refractivity contribution in [2.75, 3.05) is 14.2 Å². The molecule has 0 saturated carbocycles. The Morgan fingerprint density at radius 2 is 1.73 bits per heavy atom. The molecule has 22 heavy (non-hydrogen) atoms. The van der Waals surface area contributed by atoms with Crippen LogP contribution >= 0.6 is 0 Å². The summed E-state index contributed by atoms with van der Waals surface area (Å²) in [5.41, 5.74) is 3.28. The van der Waals surface area contributed by atoms with Crippen LogP contribution in [0.5, 0.6) is 17.2 Å². The number of phenols is 1. The Morgan fingerprint density at radius 3 is 2.32 bits per heavy atom. The summed E-state index contributed by atoms with van der Waals surface area (Å²) in [6.45, 7) is 0. The maximum Gasteiger partial charge on any atom is 0.275 e. The van der Waals surface area contributed by atoms with Gasteiger partial charge in [-0.2, -0.15) is 5.10 Å². The van der Waals surface area contributed by atoms with E-state index in [0.29, 0.717) is 5.75 Å². The van der Waals surface area contributed by atoms with E-state index < -0.39 is 5.91 Å². The molecular weight excluding hydrogens is 284 g/mol. The molecule has 6 nitrogen and oxygen atoms in total. The molecule has 0 bridgehead atoms. The number of hydrogen-bond donors (Lipinski definition) is 2. The summed E-state index contributed by atoms with van der Waals surface area (Å²) in [5.74, 6) is 0.529. The van der Waals surface area contributed by atoms with Gasteiger partial charge >= 0.3 is 0 Å². The molecule has 2 aromatic carbocycles. The molecule has 0 unspecified atom stereocenters. The molecule has 0 aromatic heterocycles. The second-order valence-electron chi connectivity index (χ2n) is 4.36. The molecule has 114 valence electrons. The lowest BCUT2D eigenvalue weighted by Crippen LogP contribution is -2.17. The first-order valence-electron chi connectivity index (χ1n) is 6.48. The van der Waals surface area contributed by atoms with Gasteiger partial charge in [-0.25, -0.2) is 5.43 Å². The minimum absolute atomic E-state index is 0.118. The Balaban J connectivity index is 2.01. The van der Waals surface area contributed by atoms with Crippen molar-refractivity contribution in [1.29, 1.82) is 0 Å². The number of amides is 1. The number of nitrogens with one attached hydrogen (secondary N) is 1. The van der Waals surface area contributed by atoms with Crippen LogP contribution in [-0.2, 0) is 0 Å². The molecule has 2 N–H and O–H groups in total. The molecule has 6 heteroatoms. The van der Waals surface area contributed by atoms with Gasteiger partial charge in [-0.1, -0.05) is 0 Å². The van der Waals surface area contributed by atoms with Crippen LogP contribution in [0.25, 0.3) is 0 Å². The van der Waals surface area contributed by atoms with Crippen LogP contribution in [0.4, 0.5) is 0 Å². The Kier molecular flexibility index (Phi) is 4.98. The van der Waals surface area contributed by atoms with Crippen molar-refractivity contribution >= 4 is 12.1 Å². The fourth-order valence-corrected chi connectivity index (χ4v) is 1.75. The van der Waals surface area contributed by atoms with E-state index in [0.717, 1.165) is 11.3 Å². The fraction of sp³-hybridized carbons (Fsp3) is 0.125. The average molecular weight is 300 g/mol. The zero-order valence-corrected chi connectivity index (χ0v) is 12.2. The highest BCUT2D eigenvalue weighted by Crippen LogP contribution is 2.23. The molecule has 2 aromatic rings. The Morgan fingerprint density at radius 1 is 1.09 bits per heavy atom. The van der Waals surface area contributed by atoms with E-state index in [1.165, 1.54) is 25.5 Å². The molecule has 0 atom stereocenters. The van der Waals surface area contributed by atoms with E-state index in [2.05, 4.69) is 10.5 Å². The number of rotatable bonds is 5. The van der Waals surface area contributed by atoms with E-state index >= 15 is 0 Å². The number of aromatic hydroxyl groups is 1. The molecule has 0 radical (unpaired) electrons. The van der Waals surface area contributed by atoms with Crippen molar-refractivity contribution in [2.24, 2.45) is 5.10 Å². The van der Waals surface area contributed by atoms with Gasteiger partial charge < -0.3 is 14.6 Å². The Bertz CT molecular complexity index is 681. The van der Waals surface area contributed by atoms with Crippen LogP contribution in [0, 0.1) is 0 Å². The lowest BCUT2D eigenvalue weighted by Gasteiger charge is -2.05. The lowest BCUT2D eigenvalue weighted by atomic mass is 10.2. The number of carbonyl (C=O) groups is 1. The van der Waals surface area contributed by atoms with Gasteiger partial charge in [0.15, 0.2) is 0 Å². The summed E-state index contributed by atoms with van der Waals surface area (Å²) in [4.78, 5) is 11.9. The predicted octanol–water partition coefficient (Wildman–Crippen LogP) is 2.17. The summed E-state index contributed by atoms with van der Waals surface area (Å²) in [6.07, 6.45) is 1.50. The normalized spacial score (nSPS) is 10.5. The van der Waals surface area contributed by atoms with Crippen molar-refractivity contribution < 1.29 is 19.4 Å². The van der Waals surface area contributed by atoms with Crippen molar-refractivity contribution in [2.45, 2.75) is 0 Å². The second-order valence-corrected chi connectivity index (χ2v) is 4.36. The van der Waals surface area contributed by atoms with E-state index in [-0.39, 0.29) is 11.3 Å². The van der Waals surface area contributed by atoms with Crippen LogP contribution in [0.3, 0.4) is 0 Å². The minimum atomic E-state index is -0.509. The largest absolute Gasteiger partial charge is 0.507 e. The molecule has 0 aliphatic rings. The summed E-state index contributed by atoms with van der Waals surface area (Å²) >= 11 is 0. The molecule has 0 aliphatic heterocycles. The van der Waals surface area contributed by atoms with Crippen molar-refractivity contribution in [3.8, 4) is 17.2 Å². The maximum absolute atomic E-state index is 11.9. The summed E-state index contributed by atoms with van der Waals surface area (Å²) < 4.78 is 10.0. The van der Waals surface area contributed by atoms with E-state index in [1.807, 2.05) is 0 Å². The molecule has 2 rings (SSSR count). The molecule has 0 aliphatic carbocycles. The highest BCUT2D eigenvalue weighted by atomic mass is 16.5. The van der Waals surface area contributed by atoms with Gasteiger partial charge in [-0.3, -0.25) is 4.79 Å². The van der Waals surface area contributed by atoms with Crippen molar-refractivity contribution in [3.63, 3.8) is 0 Å². The van der Waals surface area contributed by atoms with Gasteiger partial charge in [-0.15, -0.1) is 0 Å². The van der Waals surface area contributed by atoms with Crippen LogP contribution in [0.2, 0.25) is 0 Å². The number of methoxy groups -OCH3 is 2. The van der Waals surface area contributed by atoms with Crippen LogP contribution in [0.1, 0.15) is 15.9 Å². The third-order valence-electron chi connectivity index (χ3n) is 2.95. The Hall–Kier alpha value is -3.02. The third kappa shape index (κ3) is 3.76. The summed E-state index contributed by atoms with van der Waals surface area (Å²) in [5, 5.41) is 13.6. The van der Waals surface area contributed by atoms with Crippen molar-refractivity contribution in [1.82, 2.24) is 5.43 Å². The van der Waals surface area contributed by atoms with E-state index in [9.17, 15) is 9.90 Å². The monoisotopic (exact) mass is 300 g/mol. The first kappa shape index (κ1) is 15.4. The highest BCUT2D eigenvalue weighted by molar-refractivity contribution is 5.97. The first-order chi connectivity index (χ1) is 10.6. The quantitative estimate of drug-likeness (QED) is 0.655. The summed E-state index contributed by atoms with van der Waals surface area (Å²) in [7, 11) is 3.07. The van der Waals surface area contributed by atoms with Gasteiger partial charge in [0.05, 0.1) is 26.0 Å². The number of nitrogens with zero attached hydrogens (tertiary/aromatic N) is 1. The molecule has 0 fully saturated rings. The number of carbonyl (C=O) groups excluding carboxylic acids is 1. The van der Waals surface area contributed by atoms with Gasteiger partial charge in [0.25, 0.3) is 5.91 Å². The SMILES string of the molecule is COc1ccc(/C=N\NC(=O)c2ccc(OC)cc2O)cc1. The van der Waals surface area contributed by atoms with Crippen LogP contribution in [0.15, 0.2) is 47.6 Å². The standard InChI is InChI=1S/C16H16N2O4/c1-21-12-5-3-11(4-6-12)10-17-18-16(20)14-8-7-13(22-2)9-15(14)19/h3-10,19H,1-2H3,(H,18,20)/b17-10-. The van der Waals surface area contributed by atoms with Gasteiger partial charge in [0.1, 0.15) is 17.2 Å². The topological polar surface area (TPSA) is 80.2 Å². The number of ether oxygens (including phenoxy) is 2. The lowest BCUT2D eigenvalue weighted by molar-refractivity contribution is 0.0952. The average Bonchev–Trinajstić information content (AvgIpc) is 2.55. The van der Waals surface area contributed by atoms with E-state index in [1.54, 1.807) is 37.4 Å². The minimum Gasteiger partial charge on any atom is -0.507 e. The summed E-state index contributed by atoms with van der Waals surface area (Å²) in [6, 6.07) is 11.6. The number of benzene rings is 2. The van der Waals surface area contributed by atoms with Crippen molar-refractivity contribution in [3.05, 3.63) is 53.6 Å². The molecule has 1 amide bonds. The second kappa shape index (κ2) is 7.12. The molecule has 0 saturated heterocycles. The number of phenolic OH excluding ortho intramolecular Hbond substituents is 1. The number of hydrogen-bond acceptors (Lipinski definition) is 5. The predicted molar refractivity (Wildman–Crippen MR) is 82.7 cm³/mol. The highest BCUT2D eigenvalue weighted by Gasteiger charge is 2.10. The zero-order valence-electron chi connectivity index (χ0n) is 12.2. The maximum atomic E-state index is 11.9. The number of hydrazone groups is 1. The Labute approximate surface area is 128 Å². The molecule has 0 spiro atoms. The third-order valence-corrected chi connectivity index (χ3v) is 2.95. The van der Waals surface area contributed by atoms with Gasteiger partial charge in [0.2, 0.25) is 0 Å². The van der Waals surface area contributed by atoms with E-state index in [4.69, 9.17) is 9.47 Å². The van der Waals surface area contributed by atoms with Gasteiger partial charge in [0, 0.05) is 6.07 Å². The molecular formula is C16H16N2O4. The zero-order chi connectivity index (χ0) is 15.9. The molecule has 0 heterocycles. The van der Waals surface area contributed by atoms with Gasteiger partial charge in [-0.05, 0) is 42.0 Å².